The first-order valence-electron chi connectivity index (χ1n) is 1.18. The Morgan fingerprint density at radius 1 is 1.86 bits per heavy atom. The highest BCUT2D eigenvalue weighted by atomic mass is 127. The fourth-order valence-corrected chi connectivity index (χ4v) is 0.736. The smallest absolute Gasteiger partial charge is 0.291 e. The number of nitrogens with one attached hydrogen (secondary N) is 1. The lowest BCUT2D eigenvalue weighted by Gasteiger charge is -1.99. The molecule has 0 rings (SSSR count). The average Bonchev–Trinajstić information content (AvgIpc) is 1.27. The topological polar surface area (TPSA) is 69.2 Å². The van der Waals surface area contributed by atoms with Gasteiger partial charge < -0.3 is 4.55 Å². The van der Waals surface area contributed by atoms with Crippen LogP contribution in [-0.2, 0) is 11.3 Å². The number of rotatable bonds is 1. The molecule has 1 N–H and O–H groups in total. The SMILES string of the molecule is O=C(I)NS(=O)[O-]. The van der Waals surface area contributed by atoms with Gasteiger partial charge in [0.15, 0.2) is 0 Å². The van der Waals surface area contributed by atoms with E-state index in [0.717, 1.165) is 0 Å². The van der Waals surface area contributed by atoms with Crippen LogP contribution in [0.4, 0.5) is 4.79 Å². The molecule has 1 amide bonds. The summed E-state index contributed by atoms with van der Waals surface area (Å²) < 4.78 is 19.9. The van der Waals surface area contributed by atoms with Gasteiger partial charge in [0.2, 0.25) is 0 Å². The van der Waals surface area contributed by atoms with Crippen molar-refractivity contribution in [2.75, 3.05) is 0 Å². The van der Waals surface area contributed by atoms with Crippen LogP contribution in [-0.4, -0.2) is 12.7 Å². The van der Waals surface area contributed by atoms with Crippen LogP contribution in [0.5, 0.6) is 0 Å². The highest BCUT2D eigenvalue weighted by Crippen LogP contribution is 1.81. The summed E-state index contributed by atoms with van der Waals surface area (Å²) >= 11 is -1.14. The lowest BCUT2D eigenvalue weighted by molar-refractivity contribution is 0.266. The van der Waals surface area contributed by atoms with Crippen molar-refractivity contribution in [3.8, 4) is 0 Å². The zero-order chi connectivity index (χ0) is 5.86. The first-order chi connectivity index (χ1) is 3.13. The summed E-state index contributed by atoms with van der Waals surface area (Å²) in [6.45, 7) is 0. The molecule has 0 aliphatic rings. The van der Waals surface area contributed by atoms with Gasteiger partial charge in [-0.05, 0) is 0 Å². The Balaban J connectivity index is 3.32. The van der Waals surface area contributed by atoms with E-state index in [2.05, 4.69) is 0 Å². The van der Waals surface area contributed by atoms with E-state index in [-0.39, 0.29) is 0 Å². The molecule has 0 heterocycles. The van der Waals surface area contributed by atoms with Gasteiger partial charge in [-0.15, -0.1) is 0 Å². The van der Waals surface area contributed by atoms with E-state index in [9.17, 15) is 13.6 Å². The molecule has 0 radical (unpaired) electrons. The normalized spacial score (nSPS) is 12.9. The van der Waals surface area contributed by atoms with Gasteiger partial charge in [-0.1, -0.05) is 0 Å². The first kappa shape index (κ1) is 7.31. The molecule has 42 valence electrons. The quantitative estimate of drug-likeness (QED) is 0.298. The van der Waals surface area contributed by atoms with Crippen molar-refractivity contribution in [1.29, 1.82) is 0 Å². The maximum atomic E-state index is 9.74. The largest absolute Gasteiger partial charge is 0.755 e. The summed E-state index contributed by atoms with van der Waals surface area (Å²) in [6, 6.07) is 0. The van der Waals surface area contributed by atoms with Crippen LogP contribution < -0.4 is 4.72 Å². The Morgan fingerprint density at radius 2 is 2.29 bits per heavy atom. The van der Waals surface area contributed by atoms with Crippen LogP contribution in [0.1, 0.15) is 0 Å². The van der Waals surface area contributed by atoms with Crippen LogP contribution in [0.2, 0.25) is 0 Å². The van der Waals surface area contributed by atoms with Gasteiger partial charge in [-0.3, -0.25) is 13.7 Å². The molecule has 0 saturated heterocycles. The number of amides is 1. The highest BCUT2D eigenvalue weighted by molar-refractivity contribution is 14.1. The molecule has 0 fully saturated rings. The maximum absolute atomic E-state index is 9.74. The predicted molar refractivity (Wildman–Crippen MR) is 31.5 cm³/mol. The second kappa shape index (κ2) is 3.33. The number of hydrogen-bond donors (Lipinski definition) is 1. The van der Waals surface area contributed by atoms with Crippen molar-refractivity contribution in [2.24, 2.45) is 0 Å². The van der Waals surface area contributed by atoms with E-state index in [0.29, 0.717) is 0 Å². The molecule has 7 heavy (non-hydrogen) atoms. The Kier molecular flexibility index (Phi) is 3.48. The van der Waals surface area contributed by atoms with Crippen molar-refractivity contribution in [3.05, 3.63) is 0 Å². The second-order valence-electron chi connectivity index (χ2n) is 0.610. The van der Waals surface area contributed by atoms with Gasteiger partial charge in [-0.2, -0.15) is 0 Å². The van der Waals surface area contributed by atoms with Crippen LogP contribution in [0, 0.1) is 0 Å². The third-order valence-corrected chi connectivity index (χ3v) is 1.15. The summed E-state index contributed by atoms with van der Waals surface area (Å²) in [5.74, 6) is 0. The maximum Gasteiger partial charge on any atom is 0.291 e. The molecule has 0 bridgehead atoms. The lowest BCUT2D eigenvalue weighted by atomic mass is 11.5. The van der Waals surface area contributed by atoms with E-state index in [1.165, 1.54) is 22.6 Å². The molecular formula is CHINO3S-. The first-order valence-corrected chi connectivity index (χ1v) is 3.33. The third-order valence-electron chi connectivity index (χ3n) is 0.164. The van der Waals surface area contributed by atoms with Gasteiger partial charge in [0.1, 0.15) is 0 Å². The van der Waals surface area contributed by atoms with Crippen molar-refractivity contribution in [1.82, 2.24) is 4.72 Å². The molecule has 4 nitrogen and oxygen atoms in total. The molecular weight excluding hydrogens is 233 g/mol. The van der Waals surface area contributed by atoms with Crippen molar-refractivity contribution < 1.29 is 13.6 Å². The monoisotopic (exact) mass is 234 g/mol. The third kappa shape index (κ3) is 6.31. The van der Waals surface area contributed by atoms with Crippen molar-refractivity contribution in [3.63, 3.8) is 0 Å². The zero-order valence-corrected chi connectivity index (χ0v) is 5.98. The van der Waals surface area contributed by atoms with E-state index in [4.69, 9.17) is 0 Å². The molecule has 0 aromatic rings. The van der Waals surface area contributed by atoms with E-state index >= 15 is 0 Å². The number of halogens is 1. The Morgan fingerprint density at radius 3 is 2.29 bits per heavy atom. The molecule has 0 aliphatic heterocycles. The van der Waals surface area contributed by atoms with Gasteiger partial charge >= 0.3 is 0 Å². The molecule has 1 atom stereocenters. The molecule has 0 saturated carbocycles. The fourth-order valence-electron chi connectivity index (χ4n) is 0.0655. The standard InChI is InChI=1S/CH2INO3S/c2-1(4)3-7(5)6/h(H,3,4)(H,5,6)/p-1. The number of carbonyl (C=O) groups is 1. The van der Waals surface area contributed by atoms with Crippen LogP contribution in [0.15, 0.2) is 0 Å². The van der Waals surface area contributed by atoms with E-state index < -0.39 is 15.2 Å². The number of hydrogen-bond acceptors (Lipinski definition) is 3. The van der Waals surface area contributed by atoms with Crippen LogP contribution >= 0.6 is 22.6 Å². The summed E-state index contributed by atoms with van der Waals surface area (Å²) in [7, 11) is 0. The van der Waals surface area contributed by atoms with E-state index in [1.54, 1.807) is 4.72 Å². The number of carbonyl (C=O) groups excluding carboxylic acids is 1. The lowest BCUT2D eigenvalue weighted by Crippen LogP contribution is -2.17. The zero-order valence-electron chi connectivity index (χ0n) is 3.01. The Bertz CT molecular complexity index is 91.1. The van der Waals surface area contributed by atoms with E-state index in [1.807, 2.05) is 0 Å². The Labute approximate surface area is 56.2 Å². The van der Waals surface area contributed by atoms with Crippen molar-refractivity contribution in [2.45, 2.75) is 0 Å². The van der Waals surface area contributed by atoms with Gasteiger partial charge in [0, 0.05) is 33.9 Å². The van der Waals surface area contributed by atoms with Gasteiger partial charge in [-0.25, -0.2) is 0 Å². The summed E-state index contributed by atoms with van der Waals surface area (Å²) in [5, 5.41) is 0. The van der Waals surface area contributed by atoms with Crippen LogP contribution in [0.25, 0.3) is 0 Å². The predicted octanol–water partition coefficient (Wildman–Crippen LogP) is -0.0749. The minimum atomic E-state index is -2.45. The molecule has 0 aliphatic carbocycles. The highest BCUT2D eigenvalue weighted by Gasteiger charge is 1.86. The molecule has 0 aromatic heterocycles. The summed E-state index contributed by atoms with van der Waals surface area (Å²) in [6.07, 6.45) is 0. The molecule has 0 aromatic carbocycles. The molecule has 1 unspecified atom stereocenters. The fraction of sp³-hybridized carbons (Fsp3) is 0. The van der Waals surface area contributed by atoms with Crippen LogP contribution in [0.3, 0.4) is 0 Å². The minimum absolute atomic E-state index is 0.606. The average molecular weight is 234 g/mol. The summed E-state index contributed by atoms with van der Waals surface area (Å²) in [5.41, 5.74) is 0. The summed E-state index contributed by atoms with van der Waals surface area (Å²) in [4.78, 5) is 9.74. The van der Waals surface area contributed by atoms with Gasteiger partial charge in [0.25, 0.3) is 3.91 Å². The molecule has 6 heteroatoms. The second-order valence-corrected chi connectivity index (χ2v) is 2.26. The minimum Gasteiger partial charge on any atom is -0.755 e. The van der Waals surface area contributed by atoms with Crippen molar-refractivity contribution >= 4 is 37.8 Å². The van der Waals surface area contributed by atoms with Gasteiger partial charge in [0.05, 0.1) is 0 Å². The Hall–Kier alpha value is 0.310. The molecule has 0 spiro atoms.